The summed E-state index contributed by atoms with van der Waals surface area (Å²) >= 11 is 2.16. The summed E-state index contributed by atoms with van der Waals surface area (Å²) in [6, 6.07) is 4.99. The van der Waals surface area contributed by atoms with Crippen molar-refractivity contribution < 1.29 is 9.84 Å². The minimum Gasteiger partial charge on any atom is -0.504 e. The van der Waals surface area contributed by atoms with Crippen LogP contribution in [0.4, 0.5) is 5.82 Å². The van der Waals surface area contributed by atoms with Gasteiger partial charge in [-0.15, -0.1) is 0 Å². The summed E-state index contributed by atoms with van der Waals surface area (Å²) in [6.45, 7) is 4.12. The minimum absolute atomic E-state index is 0.0822. The van der Waals surface area contributed by atoms with E-state index in [-0.39, 0.29) is 11.7 Å². The van der Waals surface area contributed by atoms with Gasteiger partial charge in [0.15, 0.2) is 17.3 Å². The molecule has 0 bridgehead atoms. The van der Waals surface area contributed by atoms with E-state index in [0.717, 1.165) is 14.8 Å². The van der Waals surface area contributed by atoms with Crippen LogP contribution in [0.15, 0.2) is 18.2 Å². The first-order valence-electron chi connectivity index (χ1n) is 6.14. The van der Waals surface area contributed by atoms with Crippen molar-refractivity contribution in [1.29, 1.82) is 0 Å². The highest BCUT2D eigenvalue weighted by Crippen LogP contribution is 2.32. The van der Waals surface area contributed by atoms with E-state index in [0.29, 0.717) is 17.4 Å². The zero-order valence-electron chi connectivity index (χ0n) is 11.5. The number of rotatable bonds is 3. The van der Waals surface area contributed by atoms with Gasteiger partial charge in [-0.05, 0) is 46.7 Å². The van der Waals surface area contributed by atoms with E-state index in [4.69, 9.17) is 10.5 Å². The lowest BCUT2D eigenvalue weighted by Crippen LogP contribution is -2.06. The van der Waals surface area contributed by atoms with Crippen LogP contribution < -0.4 is 10.5 Å². The van der Waals surface area contributed by atoms with Crippen LogP contribution in [0.5, 0.6) is 11.5 Å². The number of halogens is 1. The predicted molar refractivity (Wildman–Crippen MR) is 86.9 cm³/mol. The topological polar surface area (TPSA) is 81.3 Å². The summed E-state index contributed by atoms with van der Waals surface area (Å²) in [5.74, 6) is 1.72. The van der Waals surface area contributed by atoms with Crippen molar-refractivity contribution in [3.63, 3.8) is 0 Å². The number of aromatic nitrogens is 2. The number of phenolic OH excluding ortho intramolecular Hbond substituents is 1. The Bertz CT molecular complexity index is 645. The zero-order chi connectivity index (χ0) is 14.9. The van der Waals surface area contributed by atoms with Crippen LogP contribution in [0, 0.1) is 3.57 Å². The molecule has 0 atom stereocenters. The maximum absolute atomic E-state index is 9.63. The van der Waals surface area contributed by atoms with E-state index in [2.05, 4.69) is 46.4 Å². The second-order valence-corrected chi connectivity index (χ2v) is 5.75. The van der Waals surface area contributed by atoms with Crippen molar-refractivity contribution in [3.05, 3.63) is 27.5 Å². The number of methoxy groups -OCH3 is 1. The van der Waals surface area contributed by atoms with Gasteiger partial charge in [0.1, 0.15) is 5.82 Å². The molecule has 1 aromatic carbocycles. The third kappa shape index (κ3) is 2.79. The van der Waals surface area contributed by atoms with Gasteiger partial charge in [0.2, 0.25) is 0 Å². The van der Waals surface area contributed by atoms with E-state index >= 15 is 0 Å². The molecular weight excluding hydrogens is 369 g/mol. The molecule has 0 aliphatic rings. The van der Waals surface area contributed by atoms with Gasteiger partial charge in [0, 0.05) is 5.56 Å². The average Bonchev–Trinajstić information content (AvgIpc) is 2.42. The molecule has 0 fully saturated rings. The van der Waals surface area contributed by atoms with Gasteiger partial charge in [-0.2, -0.15) is 0 Å². The zero-order valence-corrected chi connectivity index (χ0v) is 13.7. The van der Waals surface area contributed by atoms with Crippen molar-refractivity contribution in [2.24, 2.45) is 0 Å². The van der Waals surface area contributed by atoms with Crippen LogP contribution in [0.25, 0.3) is 11.4 Å². The van der Waals surface area contributed by atoms with E-state index in [1.807, 2.05) is 0 Å². The van der Waals surface area contributed by atoms with Gasteiger partial charge in [0.25, 0.3) is 0 Å². The van der Waals surface area contributed by atoms with E-state index in [9.17, 15) is 5.11 Å². The molecule has 3 N–H and O–H groups in total. The highest BCUT2D eigenvalue weighted by molar-refractivity contribution is 14.1. The number of nitrogen functional groups attached to an aromatic ring is 1. The fraction of sp³-hybridized carbons (Fsp3) is 0.286. The molecule has 0 radical (unpaired) electrons. The van der Waals surface area contributed by atoms with Crippen molar-refractivity contribution >= 4 is 28.4 Å². The molecule has 6 heteroatoms. The van der Waals surface area contributed by atoms with Crippen molar-refractivity contribution in [3.8, 4) is 22.9 Å². The lowest BCUT2D eigenvalue weighted by molar-refractivity contribution is 0.373. The molecule has 0 aliphatic heterocycles. The van der Waals surface area contributed by atoms with E-state index in [1.54, 1.807) is 18.2 Å². The maximum Gasteiger partial charge on any atom is 0.161 e. The first kappa shape index (κ1) is 14.8. The van der Waals surface area contributed by atoms with E-state index in [1.165, 1.54) is 7.11 Å². The summed E-state index contributed by atoms with van der Waals surface area (Å²) in [6.07, 6.45) is 0. The van der Waals surface area contributed by atoms with Gasteiger partial charge in [-0.25, -0.2) is 9.97 Å². The highest BCUT2D eigenvalue weighted by Gasteiger charge is 2.15. The Morgan fingerprint density at radius 3 is 2.60 bits per heavy atom. The summed E-state index contributed by atoms with van der Waals surface area (Å²) < 4.78 is 5.98. The molecule has 0 saturated carbocycles. The molecule has 1 aromatic heterocycles. The Morgan fingerprint density at radius 1 is 1.30 bits per heavy atom. The maximum atomic E-state index is 9.63. The van der Waals surface area contributed by atoms with Crippen LogP contribution in [0.1, 0.15) is 25.5 Å². The average molecular weight is 385 g/mol. The normalized spacial score (nSPS) is 10.8. The summed E-state index contributed by atoms with van der Waals surface area (Å²) in [4.78, 5) is 8.89. The second-order valence-electron chi connectivity index (χ2n) is 4.67. The number of anilines is 1. The fourth-order valence-corrected chi connectivity index (χ4v) is 2.67. The summed E-state index contributed by atoms with van der Waals surface area (Å²) in [5.41, 5.74) is 7.63. The molecule has 0 aliphatic carbocycles. The molecule has 0 amide bonds. The molecule has 20 heavy (non-hydrogen) atoms. The Morgan fingerprint density at radius 2 is 2.00 bits per heavy atom. The third-order valence-electron chi connectivity index (χ3n) is 2.89. The third-order valence-corrected chi connectivity index (χ3v) is 3.99. The van der Waals surface area contributed by atoms with Gasteiger partial charge >= 0.3 is 0 Å². The number of phenols is 1. The summed E-state index contributed by atoms with van der Waals surface area (Å²) in [5, 5.41) is 9.63. The van der Waals surface area contributed by atoms with Crippen molar-refractivity contribution in [1.82, 2.24) is 9.97 Å². The van der Waals surface area contributed by atoms with E-state index < -0.39 is 0 Å². The van der Waals surface area contributed by atoms with Crippen LogP contribution >= 0.6 is 22.6 Å². The number of hydrogen-bond donors (Lipinski definition) is 2. The monoisotopic (exact) mass is 385 g/mol. The number of aromatic hydroxyl groups is 1. The fourth-order valence-electron chi connectivity index (χ4n) is 1.81. The highest BCUT2D eigenvalue weighted by atomic mass is 127. The molecule has 0 saturated heterocycles. The molecule has 0 spiro atoms. The molecule has 5 nitrogen and oxygen atoms in total. The predicted octanol–water partition coefficient (Wildman–Crippen LogP) is 3.17. The van der Waals surface area contributed by atoms with Crippen molar-refractivity contribution in [2.45, 2.75) is 19.8 Å². The molecule has 106 valence electrons. The SMILES string of the molecule is COc1cc(-c2nc(N)c(I)c(C(C)C)n2)ccc1O. The summed E-state index contributed by atoms with van der Waals surface area (Å²) in [7, 11) is 1.50. The number of nitrogens with two attached hydrogens (primary N) is 1. The lowest BCUT2D eigenvalue weighted by Gasteiger charge is -2.12. The quantitative estimate of drug-likeness (QED) is 0.794. The first-order chi connectivity index (χ1) is 9.43. The number of hydrogen-bond acceptors (Lipinski definition) is 5. The Labute approximate surface area is 131 Å². The van der Waals surface area contributed by atoms with Crippen LogP contribution in [0.2, 0.25) is 0 Å². The van der Waals surface area contributed by atoms with Gasteiger partial charge in [-0.3, -0.25) is 0 Å². The van der Waals surface area contributed by atoms with Crippen LogP contribution in [0.3, 0.4) is 0 Å². The van der Waals surface area contributed by atoms with Crippen molar-refractivity contribution in [2.75, 3.05) is 12.8 Å². The van der Waals surface area contributed by atoms with Crippen LogP contribution in [-0.2, 0) is 0 Å². The Hall–Kier alpha value is -1.57. The largest absolute Gasteiger partial charge is 0.504 e. The Balaban J connectivity index is 2.58. The van der Waals surface area contributed by atoms with Gasteiger partial charge in [0.05, 0.1) is 16.4 Å². The lowest BCUT2D eigenvalue weighted by atomic mass is 10.1. The molecule has 2 aromatic rings. The second kappa shape index (κ2) is 5.82. The van der Waals surface area contributed by atoms with Gasteiger partial charge < -0.3 is 15.6 Å². The number of nitrogens with zero attached hydrogens (tertiary/aromatic N) is 2. The van der Waals surface area contributed by atoms with Gasteiger partial charge in [-0.1, -0.05) is 13.8 Å². The standard InChI is InChI=1S/C14H16IN3O2/c1-7(2)12-11(15)13(16)18-14(17-12)8-4-5-9(19)10(6-8)20-3/h4-7,19H,1-3H3,(H2,16,17,18). The molecule has 0 unspecified atom stereocenters. The first-order valence-corrected chi connectivity index (χ1v) is 7.22. The number of ether oxygens (including phenoxy) is 1. The molecule has 1 heterocycles. The Kier molecular flexibility index (Phi) is 4.32. The van der Waals surface area contributed by atoms with Crippen LogP contribution in [-0.4, -0.2) is 22.2 Å². The molecular formula is C14H16IN3O2. The number of benzene rings is 1. The molecule has 2 rings (SSSR count). The minimum atomic E-state index is 0.0822. The smallest absolute Gasteiger partial charge is 0.161 e.